The van der Waals surface area contributed by atoms with Crippen LogP contribution in [0.3, 0.4) is 0 Å². The number of ether oxygens (including phenoxy) is 1. The Bertz CT molecular complexity index is 445. The van der Waals surface area contributed by atoms with E-state index in [0.717, 1.165) is 40.3 Å². The molecule has 98 valence electrons. The van der Waals surface area contributed by atoms with Crippen LogP contribution in [0.2, 0.25) is 5.02 Å². The Morgan fingerprint density at radius 3 is 2.67 bits per heavy atom. The van der Waals surface area contributed by atoms with Crippen LogP contribution in [0.4, 0.5) is 0 Å². The predicted molar refractivity (Wildman–Crippen MR) is 80.1 cm³/mol. The lowest BCUT2D eigenvalue weighted by Gasteiger charge is -2.31. The Morgan fingerprint density at radius 1 is 1.44 bits per heavy atom. The Kier molecular flexibility index (Phi) is 4.72. The standard InChI is InChI=1S/C13H15ClINO2/c1-9(17)16-6-4-11(5-7-16)18-13-3-2-10(14)8-12(13)15/h2-3,8,11H,4-7H2,1H3. The first-order chi connectivity index (χ1) is 8.56. The molecule has 0 aliphatic carbocycles. The van der Waals surface area contributed by atoms with Gasteiger partial charge in [-0.05, 0) is 40.8 Å². The zero-order valence-electron chi connectivity index (χ0n) is 10.2. The molecule has 1 aromatic carbocycles. The molecule has 0 unspecified atom stereocenters. The van der Waals surface area contributed by atoms with E-state index in [0.29, 0.717) is 0 Å². The molecule has 5 heteroatoms. The molecule has 1 aromatic rings. The van der Waals surface area contributed by atoms with E-state index < -0.39 is 0 Å². The highest BCUT2D eigenvalue weighted by molar-refractivity contribution is 14.1. The van der Waals surface area contributed by atoms with Gasteiger partial charge in [0.25, 0.3) is 0 Å². The van der Waals surface area contributed by atoms with Crippen molar-refractivity contribution in [3.8, 4) is 5.75 Å². The molecular weight excluding hydrogens is 365 g/mol. The molecule has 0 atom stereocenters. The van der Waals surface area contributed by atoms with Gasteiger partial charge in [-0.15, -0.1) is 0 Å². The largest absolute Gasteiger partial charge is 0.489 e. The van der Waals surface area contributed by atoms with Crippen molar-refractivity contribution in [2.24, 2.45) is 0 Å². The summed E-state index contributed by atoms with van der Waals surface area (Å²) in [6, 6.07) is 5.63. The van der Waals surface area contributed by atoms with Gasteiger partial charge in [-0.1, -0.05) is 11.6 Å². The lowest BCUT2D eigenvalue weighted by Crippen LogP contribution is -2.40. The maximum absolute atomic E-state index is 11.2. The zero-order chi connectivity index (χ0) is 13.1. The van der Waals surface area contributed by atoms with Crippen molar-refractivity contribution in [2.45, 2.75) is 25.9 Å². The van der Waals surface area contributed by atoms with Crippen molar-refractivity contribution in [3.05, 3.63) is 26.8 Å². The number of carbonyl (C=O) groups excluding carboxylic acids is 1. The molecule has 0 bridgehead atoms. The Balaban J connectivity index is 1.93. The normalized spacial score (nSPS) is 16.7. The summed E-state index contributed by atoms with van der Waals surface area (Å²) in [5, 5.41) is 0.721. The van der Waals surface area contributed by atoms with Gasteiger partial charge in [0.1, 0.15) is 11.9 Å². The zero-order valence-corrected chi connectivity index (χ0v) is 13.1. The summed E-state index contributed by atoms with van der Waals surface area (Å²) in [6.07, 6.45) is 1.96. The third-order valence-corrected chi connectivity index (χ3v) is 4.15. The molecular formula is C13H15ClINO2. The number of likely N-dealkylation sites (tertiary alicyclic amines) is 1. The molecule has 0 spiro atoms. The summed E-state index contributed by atoms with van der Waals surface area (Å²) in [5.41, 5.74) is 0. The van der Waals surface area contributed by atoms with Crippen molar-refractivity contribution >= 4 is 40.1 Å². The second-order valence-corrected chi connectivity index (χ2v) is 6.00. The fraction of sp³-hybridized carbons (Fsp3) is 0.462. The van der Waals surface area contributed by atoms with Crippen LogP contribution in [0.5, 0.6) is 5.75 Å². The first kappa shape index (κ1) is 13.9. The molecule has 0 aromatic heterocycles. The summed E-state index contributed by atoms with van der Waals surface area (Å²) in [4.78, 5) is 13.1. The van der Waals surface area contributed by atoms with Crippen molar-refractivity contribution in [3.63, 3.8) is 0 Å². The highest BCUT2D eigenvalue weighted by Crippen LogP contribution is 2.27. The van der Waals surface area contributed by atoms with Gasteiger partial charge >= 0.3 is 0 Å². The minimum Gasteiger partial charge on any atom is -0.489 e. The lowest BCUT2D eigenvalue weighted by atomic mass is 10.1. The van der Waals surface area contributed by atoms with Crippen LogP contribution < -0.4 is 4.74 Å². The molecule has 1 amide bonds. The van der Waals surface area contributed by atoms with Gasteiger partial charge in [-0.2, -0.15) is 0 Å². The average Bonchev–Trinajstić information content (AvgIpc) is 2.33. The molecule has 18 heavy (non-hydrogen) atoms. The molecule has 1 fully saturated rings. The molecule has 1 aliphatic heterocycles. The second-order valence-electron chi connectivity index (χ2n) is 4.40. The molecule has 1 saturated heterocycles. The van der Waals surface area contributed by atoms with Crippen molar-refractivity contribution < 1.29 is 9.53 Å². The maximum atomic E-state index is 11.2. The van der Waals surface area contributed by atoms with Gasteiger partial charge < -0.3 is 9.64 Å². The van der Waals surface area contributed by atoms with Crippen LogP contribution >= 0.6 is 34.2 Å². The van der Waals surface area contributed by atoms with Crippen LogP contribution in [0.15, 0.2) is 18.2 Å². The summed E-state index contributed by atoms with van der Waals surface area (Å²) in [7, 11) is 0. The predicted octanol–water partition coefficient (Wildman–Crippen LogP) is 3.33. The second kappa shape index (κ2) is 6.10. The van der Waals surface area contributed by atoms with Gasteiger partial charge in [0.15, 0.2) is 0 Å². The minimum atomic E-state index is 0.148. The van der Waals surface area contributed by atoms with Gasteiger partial charge in [0.05, 0.1) is 3.57 Å². The van der Waals surface area contributed by atoms with E-state index in [2.05, 4.69) is 22.6 Å². The summed E-state index contributed by atoms with van der Waals surface area (Å²) >= 11 is 8.13. The Labute approximate surface area is 126 Å². The lowest BCUT2D eigenvalue weighted by molar-refractivity contribution is -0.130. The number of halogens is 2. The Hall–Kier alpha value is -0.490. The maximum Gasteiger partial charge on any atom is 0.219 e. The number of rotatable bonds is 2. The highest BCUT2D eigenvalue weighted by Gasteiger charge is 2.22. The Morgan fingerprint density at radius 2 is 2.11 bits per heavy atom. The number of hydrogen-bond donors (Lipinski definition) is 0. The molecule has 1 heterocycles. The molecule has 0 radical (unpaired) electrons. The molecule has 1 aliphatic rings. The number of hydrogen-bond acceptors (Lipinski definition) is 2. The first-order valence-electron chi connectivity index (χ1n) is 5.93. The van der Waals surface area contributed by atoms with Crippen LogP contribution in [-0.4, -0.2) is 30.0 Å². The van der Waals surface area contributed by atoms with Crippen LogP contribution in [-0.2, 0) is 4.79 Å². The molecule has 2 rings (SSSR count). The van der Waals surface area contributed by atoms with E-state index in [4.69, 9.17) is 16.3 Å². The number of carbonyl (C=O) groups is 1. The number of benzene rings is 1. The van der Waals surface area contributed by atoms with E-state index in [1.54, 1.807) is 6.92 Å². The molecule has 3 nitrogen and oxygen atoms in total. The van der Waals surface area contributed by atoms with Gasteiger partial charge in [0, 0.05) is 37.9 Å². The van der Waals surface area contributed by atoms with E-state index in [9.17, 15) is 4.79 Å². The number of nitrogens with zero attached hydrogens (tertiary/aromatic N) is 1. The topological polar surface area (TPSA) is 29.5 Å². The smallest absolute Gasteiger partial charge is 0.219 e. The van der Waals surface area contributed by atoms with E-state index in [1.807, 2.05) is 23.1 Å². The number of piperidine rings is 1. The fourth-order valence-corrected chi connectivity index (χ4v) is 3.04. The third-order valence-electron chi connectivity index (χ3n) is 3.07. The van der Waals surface area contributed by atoms with Gasteiger partial charge in [0.2, 0.25) is 5.91 Å². The minimum absolute atomic E-state index is 0.148. The average molecular weight is 380 g/mol. The molecule has 0 N–H and O–H groups in total. The van der Waals surface area contributed by atoms with E-state index in [-0.39, 0.29) is 12.0 Å². The summed E-state index contributed by atoms with van der Waals surface area (Å²) in [5.74, 6) is 1.02. The van der Waals surface area contributed by atoms with E-state index >= 15 is 0 Å². The SMILES string of the molecule is CC(=O)N1CCC(Oc2ccc(Cl)cc2I)CC1. The summed E-state index contributed by atoms with van der Waals surface area (Å²) in [6.45, 7) is 3.18. The van der Waals surface area contributed by atoms with Crippen LogP contribution in [0.25, 0.3) is 0 Å². The third kappa shape index (κ3) is 3.51. The molecule has 0 saturated carbocycles. The monoisotopic (exact) mass is 379 g/mol. The quantitative estimate of drug-likeness (QED) is 0.738. The van der Waals surface area contributed by atoms with Crippen molar-refractivity contribution in [1.29, 1.82) is 0 Å². The van der Waals surface area contributed by atoms with Gasteiger partial charge in [-0.25, -0.2) is 0 Å². The van der Waals surface area contributed by atoms with Crippen LogP contribution in [0.1, 0.15) is 19.8 Å². The van der Waals surface area contributed by atoms with E-state index in [1.165, 1.54) is 0 Å². The van der Waals surface area contributed by atoms with Crippen molar-refractivity contribution in [1.82, 2.24) is 4.90 Å². The van der Waals surface area contributed by atoms with Crippen molar-refractivity contribution in [2.75, 3.05) is 13.1 Å². The van der Waals surface area contributed by atoms with Gasteiger partial charge in [-0.3, -0.25) is 4.79 Å². The highest BCUT2D eigenvalue weighted by atomic mass is 127. The van der Waals surface area contributed by atoms with Crippen LogP contribution in [0, 0.1) is 3.57 Å². The number of amides is 1. The fourth-order valence-electron chi connectivity index (χ4n) is 2.04. The summed E-state index contributed by atoms with van der Waals surface area (Å²) < 4.78 is 6.99. The first-order valence-corrected chi connectivity index (χ1v) is 7.39.